The van der Waals surface area contributed by atoms with E-state index in [1.54, 1.807) is 12.1 Å². The number of hydrogen-bond donors (Lipinski definition) is 2. The van der Waals surface area contributed by atoms with E-state index in [0.29, 0.717) is 16.4 Å². The molecule has 7 heteroatoms. The summed E-state index contributed by atoms with van der Waals surface area (Å²) in [6, 6.07) is 29.4. The van der Waals surface area contributed by atoms with Crippen LogP contribution in [0, 0.1) is 6.92 Å². The zero-order valence-corrected chi connectivity index (χ0v) is 22.0. The molecule has 0 saturated heterocycles. The van der Waals surface area contributed by atoms with Gasteiger partial charge in [-0.3, -0.25) is 9.59 Å². The number of aromatic nitrogens is 1. The minimum absolute atomic E-state index is 0.126. The van der Waals surface area contributed by atoms with Crippen molar-refractivity contribution in [2.45, 2.75) is 24.0 Å². The van der Waals surface area contributed by atoms with Gasteiger partial charge in [0.15, 0.2) is 5.13 Å². The van der Waals surface area contributed by atoms with Crippen LogP contribution in [0.4, 0.5) is 10.8 Å². The highest BCUT2D eigenvalue weighted by Crippen LogP contribution is 2.30. The van der Waals surface area contributed by atoms with E-state index in [1.807, 2.05) is 73.8 Å². The molecule has 0 saturated carbocycles. The smallest absolute Gasteiger partial charge is 0.255 e. The van der Waals surface area contributed by atoms with Crippen LogP contribution in [-0.2, 0) is 4.79 Å². The minimum Gasteiger partial charge on any atom is -0.322 e. The fourth-order valence-corrected chi connectivity index (χ4v) is 5.48. The maximum absolute atomic E-state index is 12.9. The van der Waals surface area contributed by atoms with Crippen LogP contribution in [0.5, 0.6) is 0 Å². The topological polar surface area (TPSA) is 71.1 Å². The van der Waals surface area contributed by atoms with Crippen molar-refractivity contribution in [2.24, 2.45) is 0 Å². The zero-order chi connectivity index (χ0) is 25.8. The lowest BCUT2D eigenvalue weighted by molar-refractivity contribution is -0.115. The summed E-state index contributed by atoms with van der Waals surface area (Å²) in [7, 11) is 0. The van der Waals surface area contributed by atoms with Gasteiger partial charge in [-0.2, -0.15) is 0 Å². The van der Waals surface area contributed by atoms with Gasteiger partial charge in [0.05, 0.1) is 10.9 Å². The van der Waals surface area contributed by atoms with Gasteiger partial charge >= 0.3 is 0 Å². The second kappa shape index (κ2) is 11.0. The summed E-state index contributed by atoms with van der Waals surface area (Å²) in [5, 5.41) is 10.4. The molecule has 1 heterocycles. The Morgan fingerprint density at radius 2 is 1.65 bits per heavy atom. The molecule has 5 nitrogen and oxygen atoms in total. The van der Waals surface area contributed by atoms with Crippen molar-refractivity contribution in [3.05, 3.63) is 108 Å². The van der Waals surface area contributed by atoms with Crippen molar-refractivity contribution in [1.82, 2.24) is 4.98 Å². The van der Waals surface area contributed by atoms with Gasteiger partial charge in [-0.05, 0) is 61.0 Å². The quantitative estimate of drug-likeness (QED) is 0.215. The number of nitrogens with one attached hydrogen (secondary N) is 2. The van der Waals surface area contributed by atoms with Crippen LogP contribution < -0.4 is 10.6 Å². The fourth-order valence-electron chi connectivity index (χ4n) is 3.83. The number of anilines is 2. The number of carbonyl (C=O) groups is 2. The van der Waals surface area contributed by atoms with Crippen LogP contribution in [0.2, 0.25) is 0 Å². The zero-order valence-electron chi connectivity index (χ0n) is 20.4. The average Bonchev–Trinajstić information content (AvgIpc) is 3.37. The third-order valence-corrected chi connectivity index (χ3v) is 7.72. The molecule has 5 aromatic rings. The first-order valence-corrected chi connectivity index (χ1v) is 13.6. The normalized spacial score (nSPS) is 11.7. The van der Waals surface area contributed by atoms with Crippen molar-refractivity contribution >= 4 is 56.5 Å². The Bertz CT molecular complexity index is 1580. The molecule has 2 N–H and O–H groups in total. The predicted molar refractivity (Wildman–Crippen MR) is 155 cm³/mol. The Hall–Kier alpha value is -3.94. The molecule has 1 aromatic heterocycles. The van der Waals surface area contributed by atoms with E-state index in [-0.39, 0.29) is 17.1 Å². The van der Waals surface area contributed by atoms with Gasteiger partial charge in [0, 0.05) is 27.1 Å². The lowest BCUT2D eigenvalue weighted by Gasteiger charge is -2.12. The summed E-state index contributed by atoms with van der Waals surface area (Å²) < 4.78 is 0. The van der Waals surface area contributed by atoms with E-state index in [1.165, 1.54) is 28.5 Å². The Morgan fingerprint density at radius 3 is 2.46 bits per heavy atom. The summed E-state index contributed by atoms with van der Waals surface area (Å²) in [6.45, 7) is 3.84. The van der Waals surface area contributed by atoms with E-state index in [0.717, 1.165) is 27.1 Å². The van der Waals surface area contributed by atoms with Crippen LogP contribution in [0.25, 0.3) is 22.0 Å². The average molecular weight is 524 g/mol. The minimum atomic E-state index is -0.351. The highest BCUT2D eigenvalue weighted by atomic mass is 32.2. The first kappa shape index (κ1) is 24.7. The second-order valence-electron chi connectivity index (χ2n) is 8.70. The van der Waals surface area contributed by atoms with Gasteiger partial charge in [0.25, 0.3) is 5.91 Å². The maximum atomic E-state index is 12.9. The summed E-state index contributed by atoms with van der Waals surface area (Å²) in [5.74, 6) is -0.294. The van der Waals surface area contributed by atoms with Crippen LogP contribution in [0.15, 0.2) is 101 Å². The predicted octanol–water partition coefficient (Wildman–Crippen LogP) is 7.64. The Kier molecular flexibility index (Phi) is 7.35. The summed E-state index contributed by atoms with van der Waals surface area (Å²) in [4.78, 5) is 30.9. The number of benzene rings is 4. The van der Waals surface area contributed by atoms with E-state index in [4.69, 9.17) is 0 Å². The molecule has 184 valence electrons. The number of fused-ring (bicyclic) bond motifs is 1. The number of nitrogens with zero attached hydrogens (tertiary/aromatic N) is 1. The molecule has 1 unspecified atom stereocenters. The van der Waals surface area contributed by atoms with Crippen LogP contribution >= 0.6 is 23.1 Å². The van der Waals surface area contributed by atoms with Crippen molar-refractivity contribution in [2.75, 3.05) is 10.6 Å². The lowest BCUT2D eigenvalue weighted by Crippen LogP contribution is -2.22. The van der Waals surface area contributed by atoms with Gasteiger partial charge in [-0.1, -0.05) is 60.2 Å². The summed E-state index contributed by atoms with van der Waals surface area (Å²) in [5.41, 5.74) is 4.24. The van der Waals surface area contributed by atoms with E-state index >= 15 is 0 Å². The Balaban J connectivity index is 1.20. The van der Waals surface area contributed by atoms with Crippen LogP contribution in [0.1, 0.15) is 22.8 Å². The Morgan fingerprint density at radius 1 is 0.865 bits per heavy atom. The standard InChI is InChI=1S/C30H25N3O2S2/c1-19-10-12-22(13-11-19)29(35)31-25-8-5-9-26(17-25)37-20(2)28(34)33-30-32-27(18-36-30)24-15-14-21-6-3-4-7-23(21)16-24/h3-18,20H,1-2H3,(H,31,35)(H,32,33,34). The first-order chi connectivity index (χ1) is 17.9. The number of aryl methyl sites for hydroxylation is 1. The molecule has 0 spiro atoms. The van der Waals surface area contributed by atoms with Crippen molar-refractivity contribution in [3.8, 4) is 11.3 Å². The molecule has 37 heavy (non-hydrogen) atoms. The number of thiazole rings is 1. The number of thioether (sulfide) groups is 1. The Labute approximate surface area is 224 Å². The SMILES string of the molecule is Cc1ccc(C(=O)Nc2cccc(SC(C)C(=O)Nc3nc(-c4ccc5ccccc5c4)cs3)c2)cc1. The highest BCUT2D eigenvalue weighted by Gasteiger charge is 2.17. The molecule has 0 fully saturated rings. The fraction of sp³-hybridized carbons (Fsp3) is 0.100. The molecule has 2 amide bonds. The van der Waals surface area contributed by atoms with Gasteiger partial charge < -0.3 is 10.6 Å². The van der Waals surface area contributed by atoms with Crippen LogP contribution in [0.3, 0.4) is 0 Å². The molecule has 0 bridgehead atoms. The largest absolute Gasteiger partial charge is 0.322 e. The first-order valence-electron chi connectivity index (χ1n) is 11.8. The molecule has 0 aliphatic carbocycles. The molecular weight excluding hydrogens is 498 g/mol. The molecule has 0 radical (unpaired) electrons. The molecule has 5 rings (SSSR count). The molecule has 0 aliphatic rings. The number of amides is 2. The second-order valence-corrected chi connectivity index (χ2v) is 11.0. The van der Waals surface area contributed by atoms with E-state index in [2.05, 4.69) is 39.9 Å². The van der Waals surface area contributed by atoms with Gasteiger partial charge in [0.1, 0.15) is 0 Å². The molecule has 1 atom stereocenters. The summed E-state index contributed by atoms with van der Waals surface area (Å²) >= 11 is 2.84. The number of rotatable bonds is 7. The maximum Gasteiger partial charge on any atom is 0.255 e. The summed E-state index contributed by atoms with van der Waals surface area (Å²) in [6.07, 6.45) is 0. The van der Waals surface area contributed by atoms with Gasteiger partial charge in [-0.15, -0.1) is 23.1 Å². The highest BCUT2D eigenvalue weighted by molar-refractivity contribution is 8.00. The van der Waals surface area contributed by atoms with E-state index in [9.17, 15) is 9.59 Å². The van der Waals surface area contributed by atoms with Crippen molar-refractivity contribution < 1.29 is 9.59 Å². The van der Waals surface area contributed by atoms with Gasteiger partial charge in [-0.25, -0.2) is 4.98 Å². The van der Waals surface area contributed by atoms with Gasteiger partial charge in [0.2, 0.25) is 5.91 Å². The third-order valence-electron chi connectivity index (χ3n) is 5.87. The van der Waals surface area contributed by atoms with E-state index < -0.39 is 0 Å². The molecule has 4 aromatic carbocycles. The van der Waals surface area contributed by atoms with Crippen LogP contribution in [-0.4, -0.2) is 22.0 Å². The third kappa shape index (κ3) is 6.07. The van der Waals surface area contributed by atoms with Crippen molar-refractivity contribution in [1.29, 1.82) is 0 Å². The number of hydrogen-bond acceptors (Lipinski definition) is 5. The molecular formula is C30H25N3O2S2. The lowest BCUT2D eigenvalue weighted by atomic mass is 10.1. The number of carbonyl (C=O) groups excluding carboxylic acids is 2. The molecule has 0 aliphatic heterocycles. The monoisotopic (exact) mass is 523 g/mol. The van der Waals surface area contributed by atoms with Crippen molar-refractivity contribution in [3.63, 3.8) is 0 Å².